The second-order valence-electron chi connectivity index (χ2n) is 5.85. The van der Waals surface area contributed by atoms with E-state index >= 15 is 0 Å². The molecule has 6 heteroatoms. The van der Waals surface area contributed by atoms with Crippen LogP contribution in [0.3, 0.4) is 0 Å². The standard InChI is InChI=1S/C17H21Cl2N3O/c1-12(2)22(11-13-9-20-21(3)10-13)16(23)8-7-14-5-4-6-15(18)17(14)19/h4-6,9-10,12H,7-8,11H2,1-3H3. The first-order chi connectivity index (χ1) is 10.9. The molecule has 1 amide bonds. The number of aromatic nitrogens is 2. The average molecular weight is 354 g/mol. The van der Waals surface area contributed by atoms with Crippen LogP contribution in [0.5, 0.6) is 0 Å². The summed E-state index contributed by atoms with van der Waals surface area (Å²) in [5, 5.41) is 5.20. The Hall–Kier alpha value is -1.52. The molecule has 0 N–H and O–H groups in total. The van der Waals surface area contributed by atoms with Gasteiger partial charge >= 0.3 is 0 Å². The third-order valence-corrected chi connectivity index (χ3v) is 4.55. The summed E-state index contributed by atoms with van der Waals surface area (Å²) in [5.41, 5.74) is 1.92. The number of carbonyl (C=O) groups is 1. The van der Waals surface area contributed by atoms with Crippen LogP contribution in [0.25, 0.3) is 0 Å². The zero-order chi connectivity index (χ0) is 17.0. The van der Waals surface area contributed by atoms with Gasteiger partial charge < -0.3 is 4.90 Å². The molecule has 0 aliphatic rings. The van der Waals surface area contributed by atoms with Gasteiger partial charge in [-0.25, -0.2) is 0 Å². The minimum atomic E-state index is 0.0971. The second kappa shape index (κ2) is 7.84. The molecule has 0 aliphatic carbocycles. The molecule has 1 aromatic heterocycles. The average Bonchev–Trinajstić information content (AvgIpc) is 2.91. The maximum absolute atomic E-state index is 12.6. The Bertz CT molecular complexity index is 682. The van der Waals surface area contributed by atoms with Crippen molar-refractivity contribution in [3.63, 3.8) is 0 Å². The fraction of sp³-hybridized carbons (Fsp3) is 0.412. The molecule has 124 valence electrons. The Morgan fingerprint density at radius 2 is 2.09 bits per heavy atom. The lowest BCUT2D eigenvalue weighted by Crippen LogP contribution is -2.36. The van der Waals surface area contributed by atoms with E-state index in [-0.39, 0.29) is 11.9 Å². The lowest BCUT2D eigenvalue weighted by atomic mass is 10.1. The van der Waals surface area contributed by atoms with Crippen molar-refractivity contribution >= 4 is 29.1 Å². The zero-order valence-corrected chi connectivity index (χ0v) is 15.1. The maximum Gasteiger partial charge on any atom is 0.223 e. The minimum absolute atomic E-state index is 0.0971. The van der Waals surface area contributed by atoms with Gasteiger partial charge in [-0.2, -0.15) is 5.10 Å². The van der Waals surface area contributed by atoms with E-state index in [1.807, 2.05) is 44.1 Å². The van der Waals surface area contributed by atoms with E-state index in [0.717, 1.165) is 11.1 Å². The molecule has 1 heterocycles. The van der Waals surface area contributed by atoms with Crippen LogP contribution < -0.4 is 0 Å². The quantitative estimate of drug-likeness (QED) is 0.783. The normalized spacial score (nSPS) is 11.0. The summed E-state index contributed by atoms with van der Waals surface area (Å²) in [7, 11) is 1.87. The number of amides is 1. The number of rotatable bonds is 6. The number of hydrogen-bond acceptors (Lipinski definition) is 2. The molecule has 0 bridgehead atoms. The Kier molecular flexibility index (Phi) is 6.08. The van der Waals surface area contributed by atoms with Crippen molar-refractivity contribution in [1.82, 2.24) is 14.7 Å². The molecule has 0 unspecified atom stereocenters. The Morgan fingerprint density at radius 1 is 1.35 bits per heavy atom. The Balaban J connectivity index is 2.02. The van der Waals surface area contributed by atoms with Gasteiger partial charge in [-0.1, -0.05) is 35.3 Å². The largest absolute Gasteiger partial charge is 0.336 e. The predicted octanol–water partition coefficient (Wildman–Crippen LogP) is 4.10. The van der Waals surface area contributed by atoms with Gasteiger partial charge in [-0.3, -0.25) is 9.48 Å². The summed E-state index contributed by atoms with van der Waals surface area (Å²) in [6, 6.07) is 5.63. The number of nitrogens with zero attached hydrogens (tertiary/aromatic N) is 3. The molecule has 1 aromatic carbocycles. The van der Waals surface area contributed by atoms with Gasteiger partial charge in [0.2, 0.25) is 5.91 Å². The highest BCUT2D eigenvalue weighted by molar-refractivity contribution is 6.42. The lowest BCUT2D eigenvalue weighted by molar-refractivity contribution is -0.133. The van der Waals surface area contributed by atoms with Gasteiger partial charge in [-0.05, 0) is 31.9 Å². The maximum atomic E-state index is 12.6. The van der Waals surface area contributed by atoms with Gasteiger partial charge in [-0.15, -0.1) is 0 Å². The number of aryl methyl sites for hydroxylation is 2. The van der Waals surface area contributed by atoms with Crippen LogP contribution >= 0.6 is 23.2 Å². The van der Waals surface area contributed by atoms with Crippen molar-refractivity contribution < 1.29 is 4.79 Å². The van der Waals surface area contributed by atoms with Crippen molar-refractivity contribution in [3.05, 3.63) is 51.8 Å². The fourth-order valence-corrected chi connectivity index (χ4v) is 2.85. The molecule has 4 nitrogen and oxygen atoms in total. The molecule has 0 saturated carbocycles. The summed E-state index contributed by atoms with van der Waals surface area (Å²) < 4.78 is 1.74. The number of halogens is 2. The first-order valence-electron chi connectivity index (χ1n) is 7.58. The lowest BCUT2D eigenvalue weighted by Gasteiger charge is -2.26. The van der Waals surface area contributed by atoms with Crippen molar-refractivity contribution in [2.24, 2.45) is 7.05 Å². The number of carbonyl (C=O) groups excluding carboxylic acids is 1. The van der Waals surface area contributed by atoms with E-state index < -0.39 is 0 Å². The Morgan fingerprint density at radius 3 is 2.70 bits per heavy atom. The van der Waals surface area contributed by atoms with Crippen LogP contribution in [0.1, 0.15) is 31.4 Å². The van der Waals surface area contributed by atoms with Crippen molar-refractivity contribution in [2.75, 3.05) is 0 Å². The summed E-state index contributed by atoms with van der Waals surface area (Å²) in [6.07, 6.45) is 4.69. The summed E-state index contributed by atoms with van der Waals surface area (Å²) in [6.45, 7) is 4.59. The van der Waals surface area contributed by atoms with Crippen molar-refractivity contribution in [1.29, 1.82) is 0 Å². The molecule has 0 aliphatic heterocycles. The van der Waals surface area contributed by atoms with E-state index in [2.05, 4.69) is 5.10 Å². The van der Waals surface area contributed by atoms with Crippen molar-refractivity contribution in [2.45, 2.75) is 39.3 Å². The molecule has 2 aromatic rings. The molecule has 2 rings (SSSR count). The highest BCUT2D eigenvalue weighted by atomic mass is 35.5. The van der Waals surface area contributed by atoms with E-state index in [1.54, 1.807) is 16.9 Å². The van der Waals surface area contributed by atoms with Gasteiger partial charge in [0, 0.05) is 37.8 Å². The Labute approximate surface area is 147 Å². The molecule has 0 spiro atoms. The van der Waals surface area contributed by atoms with Crippen LogP contribution in [-0.4, -0.2) is 26.6 Å². The van der Waals surface area contributed by atoms with E-state index in [0.29, 0.717) is 29.4 Å². The minimum Gasteiger partial charge on any atom is -0.336 e. The fourth-order valence-electron chi connectivity index (χ4n) is 2.44. The third-order valence-electron chi connectivity index (χ3n) is 3.69. The van der Waals surface area contributed by atoms with Crippen LogP contribution in [-0.2, 0) is 24.8 Å². The third kappa shape index (κ3) is 4.72. The summed E-state index contributed by atoms with van der Waals surface area (Å²) in [4.78, 5) is 14.4. The number of benzene rings is 1. The summed E-state index contributed by atoms with van der Waals surface area (Å²) >= 11 is 12.2. The van der Waals surface area contributed by atoms with Crippen LogP contribution in [0.15, 0.2) is 30.6 Å². The smallest absolute Gasteiger partial charge is 0.223 e. The second-order valence-corrected chi connectivity index (χ2v) is 6.64. The molecule has 23 heavy (non-hydrogen) atoms. The molecular formula is C17H21Cl2N3O. The molecular weight excluding hydrogens is 333 g/mol. The molecule has 0 atom stereocenters. The van der Waals surface area contributed by atoms with Gasteiger partial charge in [0.25, 0.3) is 0 Å². The molecule has 0 saturated heterocycles. The van der Waals surface area contributed by atoms with E-state index in [4.69, 9.17) is 23.2 Å². The highest BCUT2D eigenvalue weighted by Crippen LogP contribution is 2.26. The topological polar surface area (TPSA) is 38.1 Å². The molecule has 0 radical (unpaired) electrons. The van der Waals surface area contributed by atoms with Gasteiger partial charge in [0.15, 0.2) is 0 Å². The SMILES string of the molecule is CC(C)N(Cc1cnn(C)c1)C(=O)CCc1cccc(Cl)c1Cl. The first-order valence-corrected chi connectivity index (χ1v) is 8.34. The van der Waals surface area contributed by atoms with Crippen molar-refractivity contribution in [3.8, 4) is 0 Å². The highest BCUT2D eigenvalue weighted by Gasteiger charge is 2.18. The number of hydrogen-bond donors (Lipinski definition) is 0. The first kappa shape index (κ1) is 17.8. The molecule has 0 fully saturated rings. The van der Waals surface area contributed by atoms with Crippen LogP contribution in [0.4, 0.5) is 0 Å². The van der Waals surface area contributed by atoms with E-state index in [1.165, 1.54) is 0 Å². The van der Waals surface area contributed by atoms with Crippen LogP contribution in [0, 0.1) is 0 Å². The van der Waals surface area contributed by atoms with E-state index in [9.17, 15) is 4.79 Å². The predicted molar refractivity (Wildman–Crippen MR) is 93.7 cm³/mol. The zero-order valence-electron chi connectivity index (χ0n) is 13.6. The van der Waals surface area contributed by atoms with Crippen LogP contribution in [0.2, 0.25) is 10.0 Å². The van der Waals surface area contributed by atoms with Gasteiger partial charge in [0.1, 0.15) is 0 Å². The van der Waals surface area contributed by atoms with Gasteiger partial charge in [0.05, 0.1) is 16.2 Å². The summed E-state index contributed by atoms with van der Waals surface area (Å²) in [5.74, 6) is 0.0971. The monoisotopic (exact) mass is 353 g/mol.